The number of nitro groups is 1. The highest BCUT2D eigenvalue weighted by atomic mass is 16.6. The zero-order chi connectivity index (χ0) is 18.7. The molecule has 0 radical (unpaired) electrons. The average Bonchev–Trinajstić information content (AvgIpc) is 2.54. The van der Waals surface area contributed by atoms with Crippen LogP contribution in [-0.2, 0) is 6.42 Å². The number of rotatable bonds is 6. The molecule has 8 nitrogen and oxygen atoms in total. The van der Waals surface area contributed by atoms with Crippen LogP contribution in [0.25, 0.3) is 0 Å². The van der Waals surface area contributed by atoms with Gasteiger partial charge < -0.3 is 10.2 Å². The number of Topliss-reactive ketones (excluding diaryl/α,β-unsaturated/α-hetero) is 1. The van der Waals surface area contributed by atoms with Crippen molar-refractivity contribution in [3.8, 4) is 0 Å². The molecule has 2 aromatic rings. The molecule has 0 saturated heterocycles. The lowest BCUT2D eigenvalue weighted by Gasteiger charge is -2.08. The summed E-state index contributed by atoms with van der Waals surface area (Å²) in [7, 11) is 0. The topological polar surface area (TPSA) is 135 Å². The van der Waals surface area contributed by atoms with E-state index in [9.17, 15) is 24.5 Å². The second kappa shape index (κ2) is 6.91. The molecule has 0 fully saturated rings. The van der Waals surface area contributed by atoms with Gasteiger partial charge in [-0.25, -0.2) is 9.59 Å². The molecule has 2 N–H and O–H groups in total. The maximum absolute atomic E-state index is 12.3. The molecule has 0 spiro atoms. The van der Waals surface area contributed by atoms with E-state index in [1.165, 1.54) is 0 Å². The Kier molecular flexibility index (Phi) is 4.92. The van der Waals surface area contributed by atoms with E-state index in [1.54, 1.807) is 24.3 Å². The van der Waals surface area contributed by atoms with Gasteiger partial charge in [0, 0.05) is 23.6 Å². The largest absolute Gasteiger partial charge is 0.478 e. The van der Waals surface area contributed by atoms with Crippen LogP contribution in [0.4, 0.5) is 5.69 Å². The van der Waals surface area contributed by atoms with Crippen molar-refractivity contribution in [3.63, 3.8) is 0 Å². The van der Waals surface area contributed by atoms with E-state index in [0.29, 0.717) is 11.6 Å². The molecule has 0 aliphatic heterocycles. The molecule has 0 saturated carbocycles. The van der Waals surface area contributed by atoms with Crippen molar-refractivity contribution >= 4 is 23.4 Å². The first-order valence-electron chi connectivity index (χ1n) is 7.08. The van der Waals surface area contributed by atoms with Crippen LogP contribution in [-0.4, -0.2) is 32.9 Å². The van der Waals surface area contributed by atoms with Gasteiger partial charge in [-0.1, -0.05) is 29.8 Å². The number of carbonyl (C=O) groups excluding carboxylic acids is 1. The van der Waals surface area contributed by atoms with Crippen LogP contribution in [0, 0.1) is 17.0 Å². The fourth-order valence-corrected chi connectivity index (χ4v) is 2.31. The fourth-order valence-electron chi connectivity index (χ4n) is 2.31. The Morgan fingerprint density at radius 2 is 1.52 bits per heavy atom. The van der Waals surface area contributed by atoms with Crippen LogP contribution in [0.5, 0.6) is 0 Å². The van der Waals surface area contributed by atoms with Crippen molar-refractivity contribution < 1.29 is 29.5 Å². The van der Waals surface area contributed by atoms with Crippen molar-refractivity contribution in [2.24, 2.45) is 0 Å². The molecule has 2 rings (SSSR count). The zero-order valence-corrected chi connectivity index (χ0v) is 13.1. The molecule has 0 bridgehead atoms. The van der Waals surface area contributed by atoms with Crippen LogP contribution < -0.4 is 0 Å². The van der Waals surface area contributed by atoms with Gasteiger partial charge in [0.15, 0.2) is 5.78 Å². The molecule has 0 amide bonds. The second-order valence-corrected chi connectivity index (χ2v) is 5.36. The third-order valence-electron chi connectivity index (χ3n) is 3.60. The standard InChI is InChI=1S/C17H13NO7/c1-9-2-4-10(5-3-9)15(19)7-11-6-12(16(20)21)13(17(22)23)8-14(11)18(24)25/h2-6,8H,7H2,1H3,(H,20,21)(H,22,23). The summed E-state index contributed by atoms with van der Waals surface area (Å²) in [6.07, 6.45) is -0.417. The number of carboxylic acids is 2. The minimum Gasteiger partial charge on any atom is -0.478 e. The van der Waals surface area contributed by atoms with Gasteiger partial charge in [-0.2, -0.15) is 0 Å². The number of aromatic carboxylic acids is 2. The summed E-state index contributed by atoms with van der Waals surface area (Å²) in [5, 5.41) is 29.4. The van der Waals surface area contributed by atoms with E-state index in [1.807, 2.05) is 6.92 Å². The first-order chi connectivity index (χ1) is 11.7. The Bertz CT molecular complexity index is 885. The number of carbonyl (C=O) groups is 3. The van der Waals surface area contributed by atoms with Crippen LogP contribution in [0.1, 0.15) is 42.2 Å². The highest BCUT2D eigenvalue weighted by Crippen LogP contribution is 2.26. The SMILES string of the molecule is Cc1ccc(C(=O)Cc2cc(C(=O)O)c(C(=O)O)cc2[N+](=O)[O-])cc1. The summed E-state index contributed by atoms with van der Waals surface area (Å²) >= 11 is 0. The first-order valence-corrected chi connectivity index (χ1v) is 7.08. The lowest BCUT2D eigenvalue weighted by atomic mass is 9.96. The van der Waals surface area contributed by atoms with E-state index >= 15 is 0 Å². The van der Waals surface area contributed by atoms with Gasteiger partial charge in [0.25, 0.3) is 5.69 Å². The number of carboxylic acid groups (broad SMARTS) is 2. The molecule has 2 aromatic carbocycles. The van der Waals surface area contributed by atoms with Crippen LogP contribution in [0.2, 0.25) is 0 Å². The zero-order valence-electron chi connectivity index (χ0n) is 13.1. The van der Waals surface area contributed by atoms with Gasteiger partial charge in [-0.15, -0.1) is 0 Å². The molecular formula is C17H13NO7. The van der Waals surface area contributed by atoms with E-state index in [0.717, 1.165) is 11.6 Å². The second-order valence-electron chi connectivity index (χ2n) is 5.36. The van der Waals surface area contributed by atoms with Crippen LogP contribution in [0.3, 0.4) is 0 Å². The van der Waals surface area contributed by atoms with Gasteiger partial charge in [-0.3, -0.25) is 14.9 Å². The predicted molar refractivity (Wildman–Crippen MR) is 86.2 cm³/mol. The van der Waals surface area contributed by atoms with Gasteiger partial charge in [0.05, 0.1) is 16.1 Å². The Hall–Kier alpha value is -3.55. The summed E-state index contributed by atoms with van der Waals surface area (Å²) in [6.45, 7) is 1.84. The van der Waals surface area contributed by atoms with E-state index < -0.39 is 45.9 Å². The summed E-state index contributed by atoms with van der Waals surface area (Å²) in [5.41, 5.74) is -0.822. The quantitative estimate of drug-likeness (QED) is 0.467. The van der Waals surface area contributed by atoms with Crippen molar-refractivity contribution in [2.45, 2.75) is 13.3 Å². The number of aryl methyl sites for hydroxylation is 1. The minimum absolute atomic E-state index is 0.155. The van der Waals surface area contributed by atoms with Gasteiger partial charge in [-0.05, 0) is 13.0 Å². The van der Waals surface area contributed by atoms with Crippen molar-refractivity contribution in [2.75, 3.05) is 0 Å². The Balaban J connectivity index is 2.51. The molecular weight excluding hydrogens is 330 g/mol. The molecule has 0 atom stereocenters. The van der Waals surface area contributed by atoms with E-state index in [2.05, 4.69) is 0 Å². The molecule has 0 unspecified atom stereocenters. The van der Waals surface area contributed by atoms with Crippen molar-refractivity contribution in [1.29, 1.82) is 0 Å². The van der Waals surface area contributed by atoms with Crippen molar-refractivity contribution in [3.05, 3.63) is 74.3 Å². The highest BCUT2D eigenvalue weighted by molar-refractivity contribution is 6.03. The first kappa shape index (κ1) is 17.8. The summed E-state index contributed by atoms with van der Waals surface area (Å²) < 4.78 is 0. The number of nitrogens with zero attached hydrogens (tertiary/aromatic N) is 1. The van der Waals surface area contributed by atoms with Gasteiger partial charge in [0.1, 0.15) is 0 Å². The number of benzene rings is 2. The lowest BCUT2D eigenvalue weighted by Crippen LogP contribution is -2.13. The number of nitro benzene ring substituents is 1. The van der Waals surface area contributed by atoms with Gasteiger partial charge in [0.2, 0.25) is 0 Å². The van der Waals surface area contributed by atoms with E-state index in [-0.39, 0.29) is 5.56 Å². The average molecular weight is 343 g/mol. The summed E-state index contributed by atoms with van der Waals surface area (Å²) in [6, 6.07) is 8.08. The Morgan fingerprint density at radius 3 is 2.00 bits per heavy atom. The highest BCUT2D eigenvalue weighted by Gasteiger charge is 2.26. The smallest absolute Gasteiger partial charge is 0.336 e. The lowest BCUT2D eigenvalue weighted by molar-refractivity contribution is -0.385. The minimum atomic E-state index is -1.60. The Morgan fingerprint density at radius 1 is 1.00 bits per heavy atom. The third-order valence-corrected chi connectivity index (χ3v) is 3.60. The molecule has 0 heterocycles. The fraction of sp³-hybridized carbons (Fsp3) is 0.118. The monoisotopic (exact) mass is 343 g/mol. The molecule has 0 aliphatic rings. The maximum atomic E-state index is 12.3. The van der Waals surface area contributed by atoms with Crippen LogP contribution in [0.15, 0.2) is 36.4 Å². The summed E-state index contributed by atoms with van der Waals surface area (Å²) in [5.74, 6) is -3.59. The maximum Gasteiger partial charge on any atom is 0.336 e. The predicted octanol–water partition coefficient (Wildman–Crippen LogP) is 2.73. The molecule has 0 aromatic heterocycles. The number of hydrogen-bond acceptors (Lipinski definition) is 5. The molecule has 8 heteroatoms. The molecule has 128 valence electrons. The Labute approximate surface area is 141 Å². The number of ketones is 1. The molecule has 0 aliphatic carbocycles. The number of hydrogen-bond donors (Lipinski definition) is 2. The molecule has 25 heavy (non-hydrogen) atoms. The van der Waals surface area contributed by atoms with Crippen LogP contribution >= 0.6 is 0 Å². The third kappa shape index (κ3) is 3.86. The van der Waals surface area contributed by atoms with E-state index in [4.69, 9.17) is 10.2 Å². The normalized spacial score (nSPS) is 10.3. The van der Waals surface area contributed by atoms with Crippen molar-refractivity contribution in [1.82, 2.24) is 0 Å². The van der Waals surface area contributed by atoms with Gasteiger partial charge >= 0.3 is 11.9 Å². The summed E-state index contributed by atoms with van der Waals surface area (Å²) in [4.78, 5) is 45.0.